The minimum Gasteiger partial charge on any atom is -0.374 e. The number of nitrogens with one attached hydrogen (secondary N) is 1. The Balaban J connectivity index is 1.99. The molecule has 0 unspecified atom stereocenters. The highest BCUT2D eigenvalue weighted by Gasteiger charge is 2.20. The maximum absolute atomic E-state index is 3.41. The first-order chi connectivity index (χ1) is 4.45. The van der Waals surface area contributed by atoms with Crippen LogP contribution in [0.2, 0.25) is 0 Å². The summed E-state index contributed by atoms with van der Waals surface area (Å²) in [5.41, 5.74) is 0. The van der Waals surface area contributed by atoms with Crippen LogP contribution in [-0.4, -0.2) is 6.04 Å². The van der Waals surface area contributed by atoms with Gasteiger partial charge in [-0.15, -0.1) is 11.3 Å². The smallest absolute Gasteiger partial charge is 0.0884 e. The summed E-state index contributed by atoms with van der Waals surface area (Å²) in [5.74, 6) is 0. The lowest BCUT2D eigenvalue weighted by Crippen LogP contribution is -1.97. The molecule has 0 aromatic carbocycles. The molecule has 1 aliphatic rings. The highest BCUT2D eigenvalue weighted by molar-refractivity contribution is 7.14. The summed E-state index contributed by atoms with van der Waals surface area (Å²) < 4.78 is 0. The predicted octanol–water partition coefficient (Wildman–Crippen LogP) is 2.32. The number of thiophene rings is 1. The lowest BCUT2D eigenvalue weighted by molar-refractivity contribution is 1.17. The number of rotatable bonds is 2. The van der Waals surface area contributed by atoms with Crippen molar-refractivity contribution >= 4 is 16.3 Å². The Morgan fingerprint density at radius 3 is 3.00 bits per heavy atom. The van der Waals surface area contributed by atoms with Crippen molar-refractivity contribution in [2.75, 3.05) is 5.32 Å². The summed E-state index contributed by atoms with van der Waals surface area (Å²) >= 11 is 1.78. The maximum atomic E-state index is 3.41. The quantitative estimate of drug-likeness (QED) is 0.663. The van der Waals surface area contributed by atoms with Gasteiger partial charge in [-0.3, -0.25) is 0 Å². The van der Waals surface area contributed by atoms with Gasteiger partial charge in [-0.25, -0.2) is 0 Å². The lowest BCUT2D eigenvalue weighted by Gasteiger charge is -1.96. The van der Waals surface area contributed by atoms with Gasteiger partial charge in [-0.2, -0.15) is 0 Å². The van der Waals surface area contributed by atoms with Gasteiger partial charge in [-0.1, -0.05) is 0 Å². The van der Waals surface area contributed by atoms with Crippen LogP contribution in [0.25, 0.3) is 0 Å². The number of hydrogen-bond donors (Lipinski definition) is 1. The molecule has 2 rings (SSSR count). The fourth-order valence-corrected chi connectivity index (χ4v) is 1.49. The van der Waals surface area contributed by atoms with Crippen molar-refractivity contribution in [3.05, 3.63) is 17.5 Å². The minimum atomic E-state index is 0.795. The van der Waals surface area contributed by atoms with Crippen molar-refractivity contribution in [2.24, 2.45) is 0 Å². The van der Waals surface area contributed by atoms with Crippen molar-refractivity contribution in [2.45, 2.75) is 18.9 Å². The van der Waals surface area contributed by atoms with Crippen LogP contribution >= 0.6 is 11.3 Å². The molecule has 1 N–H and O–H groups in total. The molecule has 0 amide bonds. The highest BCUT2D eigenvalue weighted by Crippen LogP contribution is 2.26. The zero-order chi connectivity index (χ0) is 6.10. The largest absolute Gasteiger partial charge is 0.374 e. The van der Waals surface area contributed by atoms with Gasteiger partial charge in [0.05, 0.1) is 5.00 Å². The molecule has 0 atom stereocenters. The van der Waals surface area contributed by atoms with Gasteiger partial charge in [0, 0.05) is 6.04 Å². The van der Waals surface area contributed by atoms with Gasteiger partial charge < -0.3 is 5.32 Å². The Morgan fingerprint density at radius 2 is 2.44 bits per heavy atom. The normalized spacial score (nSPS) is 17.8. The zero-order valence-electron chi connectivity index (χ0n) is 5.13. The Kier molecular flexibility index (Phi) is 1.19. The van der Waals surface area contributed by atoms with E-state index in [1.54, 1.807) is 11.3 Å². The third kappa shape index (κ3) is 1.24. The molecule has 0 saturated heterocycles. The summed E-state index contributed by atoms with van der Waals surface area (Å²) in [6, 6.07) is 5.00. The Labute approximate surface area is 58.7 Å². The van der Waals surface area contributed by atoms with Crippen LogP contribution in [0.5, 0.6) is 0 Å². The first kappa shape index (κ1) is 5.30. The van der Waals surface area contributed by atoms with Crippen LogP contribution in [0.3, 0.4) is 0 Å². The topological polar surface area (TPSA) is 12.0 Å². The average Bonchev–Trinajstić information content (AvgIpc) is 2.46. The van der Waals surface area contributed by atoms with E-state index in [1.165, 1.54) is 17.8 Å². The van der Waals surface area contributed by atoms with Crippen LogP contribution < -0.4 is 5.32 Å². The van der Waals surface area contributed by atoms with E-state index in [4.69, 9.17) is 0 Å². The standard InChI is InChI=1S/C7H9NS/c1-2-7(9-5-1)8-6-3-4-6/h1-2,5-6,8H,3-4H2. The summed E-state index contributed by atoms with van der Waals surface area (Å²) in [6.07, 6.45) is 2.72. The molecule has 9 heavy (non-hydrogen) atoms. The maximum Gasteiger partial charge on any atom is 0.0884 e. The number of anilines is 1. The first-order valence-corrected chi connectivity index (χ1v) is 4.13. The molecular weight excluding hydrogens is 130 g/mol. The third-order valence-corrected chi connectivity index (χ3v) is 2.25. The minimum absolute atomic E-state index is 0.795. The average molecular weight is 139 g/mol. The van der Waals surface area contributed by atoms with Crippen LogP contribution in [-0.2, 0) is 0 Å². The fraction of sp³-hybridized carbons (Fsp3) is 0.429. The van der Waals surface area contributed by atoms with Gasteiger partial charge in [0.15, 0.2) is 0 Å². The van der Waals surface area contributed by atoms with Gasteiger partial charge in [-0.05, 0) is 30.4 Å². The predicted molar refractivity (Wildman–Crippen MR) is 41.0 cm³/mol. The van der Waals surface area contributed by atoms with E-state index in [0.29, 0.717) is 0 Å². The van der Waals surface area contributed by atoms with E-state index < -0.39 is 0 Å². The molecule has 2 heteroatoms. The Hall–Kier alpha value is -0.500. The molecule has 48 valence electrons. The third-order valence-electron chi connectivity index (χ3n) is 1.44. The molecule has 1 nitrogen and oxygen atoms in total. The van der Waals surface area contributed by atoms with Crippen LogP contribution in [0.1, 0.15) is 12.8 Å². The van der Waals surface area contributed by atoms with E-state index >= 15 is 0 Å². The van der Waals surface area contributed by atoms with Gasteiger partial charge in [0.2, 0.25) is 0 Å². The summed E-state index contributed by atoms with van der Waals surface area (Å²) in [6.45, 7) is 0. The molecule has 0 radical (unpaired) electrons. The van der Waals surface area contributed by atoms with E-state index in [0.717, 1.165) is 6.04 Å². The number of hydrogen-bond acceptors (Lipinski definition) is 2. The second-order valence-corrected chi connectivity index (χ2v) is 3.34. The highest BCUT2D eigenvalue weighted by atomic mass is 32.1. The summed E-state index contributed by atoms with van der Waals surface area (Å²) in [4.78, 5) is 0. The lowest BCUT2D eigenvalue weighted by atomic mass is 10.6. The van der Waals surface area contributed by atoms with Gasteiger partial charge >= 0.3 is 0 Å². The summed E-state index contributed by atoms with van der Waals surface area (Å²) in [7, 11) is 0. The van der Waals surface area contributed by atoms with Crippen molar-refractivity contribution in [1.29, 1.82) is 0 Å². The second kappa shape index (κ2) is 2.03. The van der Waals surface area contributed by atoms with Crippen molar-refractivity contribution in [1.82, 2.24) is 0 Å². The van der Waals surface area contributed by atoms with Crippen molar-refractivity contribution in [3.8, 4) is 0 Å². The van der Waals surface area contributed by atoms with Crippen molar-refractivity contribution < 1.29 is 0 Å². The SMILES string of the molecule is c1csc(NC2CC2)c1. The zero-order valence-corrected chi connectivity index (χ0v) is 5.95. The first-order valence-electron chi connectivity index (χ1n) is 3.25. The Morgan fingerprint density at radius 1 is 1.56 bits per heavy atom. The molecule has 1 fully saturated rings. The summed E-state index contributed by atoms with van der Waals surface area (Å²) in [5, 5.41) is 6.83. The van der Waals surface area contributed by atoms with Crippen LogP contribution in [0.15, 0.2) is 17.5 Å². The molecule has 1 saturated carbocycles. The van der Waals surface area contributed by atoms with E-state index in [-0.39, 0.29) is 0 Å². The molecular formula is C7H9NS. The molecule has 0 bridgehead atoms. The molecule has 1 heterocycles. The van der Waals surface area contributed by atoms with E-state index in [9.17, 15) is 0 Å². The molecule has 0 aliphatic heterocycles. The van der Waals surface area contributed by atoms with Crippen LogP contribution in [0.4, 0.5) is 5.00 Å². The Bertz CT molecular complexity index is 177. The molecule has 0 spiro atoms. The molecule has 1 aromatic rings. The van der Waals surface area contributed by atoms with Crippen molar-refractivity contribution in [3.63, 3.8) is 0 Å². The second-order valence-electron chi connectivity index (χ2n) is 2.40. The van der Waals surface area contributed by atoms with Gasteiger partial charge in [0.1, 0.15) is 0 Å². The van der Waals surface area contributed by atoms with Gasteiger partial charge in [0.25, 0.3) is 0 Å². The van der Waals surface area contributed by atoms with E-state index in [1.807, 2.05) is 0 Å². The monoisotopic (exact) mass is 139 g/mol. The fourth-order valence-electron chi connectivity index (χ4n) is 0.790. The van der Waals surface area contributed by atoms with E-state index in [2.05, 4.69) is 22.8 Å². The molecule has 1 aromatic heterocycles. The van der Waals surface area contributed by atoms with Crippen LogP contribution in [0, 0.1) is 0 Å². The molecule has 1 aliphatic carbocycles.